The Morgan fingerprint density at radius 3 is 2.56 bits per heavy atom. The first kappa shape index (κ1) is 15.1. The van der Waals surface area contributed by atoms with Gasteiger partial charge in [-0.3, -0.25) is 5.32 Å². The van der Waals surface area contributed by atoms with E-state index in [1.807, 2.05) is 20.8 Å². The van der Waals surface area contributed by atoms with Crippen molar-refractivity contribution in [3.8, 4) is 0 Å². The van der Waals surface area contributed by atoms with Crippen LogP contribution in [0.2, 0.25) is 0 Å². The van der Waals surface area contributed by atoms with Gasteiger partial charge in [-0.1, -0.05) is 27.4 Å². The average molecular weight is 229 g/mol. The zero-order valence-corrected chi connectivity index (χ0v) is 10.7. The number of aliphatic hydroxyl groups excluding tert-OH is 1. The Morgan fingerprint density at radius 2 is 2.12 bits per heavy atom. The number of nitrogens with one attached hydrogen (secondary N) is 1. The predicted molar refractivity (Wildman–Crippen MR) is 63.9 cm³/mol. The lowest BCUT2D eigenvalue weighted by Gasteiger charge is -2.29. The minimum absolute atomic E-state index is 0.182. The Balaban J connectivity index is 3.75. The fraction of sp³-hybridized carbons (Fsp3) is 0.750. The predicted octanol–water partition coefficient (Wildman–Crippen LogP) is 1.45. The van der Waals surface area contributed by atoms with E-state index >= 15 is 0 Å². The van der Waals surface area contributed by atoms with E-state index in [0.717, 1.165) is 6.42 Å². The molecule has 0 aliphatic carbocycles. The van der Waals surface area contributed by atoms with E-state index in [1.165, 1.54) is 0 Å². The monoisotopic (exact) mass is 229 g/mol. The van der Waals surface area contributed by atoms with Crippen molar-refractivity contribution < 1.29 is 14.6 Å². The molecule has 0 amide bonds. The first-order chi connectivity index (χ1) is 7.31. The fourth-order valence-corrected chi connectivity index (χ4v) is 0.932. The maximum atomic E-state index is 11.0. The van der Waals surface area contributed by atoms with Crippen molar-refractivity contribution in [1.82, 2.24) is 5.32 Å². The molecule has 0 aromatic heterocycles. The number of hydrogen-bond acceptors (Lipinski definition) is 4. The Kier molecular flexibility index (Phi) is 6.29. The van der Waals surface area contributed by atoms with E-state index in [1.54, 1.807) is 6.92 Å². The van der Waals surface area contributed by atoms with Crippen LogP contribution in [0.1, 0.15) is 34.1 Å². The summed E-state index contributed by atoms with van der Waals surface area (Å²) in [6, 6.07) is 0. The highest BCUT2D eigenvalue weighted by molar-refractivity contribution is 5.86. The van der Waals surface area contributed by atoms with Gasteiger partial charge in [0, 0.05) is 17.5 Å². The van der Waals surface area contributed by atoms with Crippen LogP contribution in [-0.2, 0) is 9.53 Å². The smallest absolute Gasteiger partial charge is 0.333 e. The van der Waals surface area contributed by atoms with Gasteiger partial charge in [0.25, 0.3) is 0 Å². The molecule has 0 rings (SSSR count). The Morgan fingerprint density at radius 1 is 1.56 bits per heavy atom. The maximum absolute atomic E-state index is 11.0. The summed E-state index contributed by atoms with van der Waals surface area (Å²) in [6.07, 6.45) is 0.272. The summed E-state index contributed by atoms with van der Waals surface area (Å²) in [5.41, 5.74) is 0.202. The first-order valence-electron chi connectivity index (χ1n) is 5.55. The molecule has 0 saturated carbocycles. The van der Waals surface area contributed by atoms with Crippen LogP contribution >= 0.6 is 0 Å². The number of carbonyl (C=O) groups is 1. The van der Waals surface area contributed by atoms with Gasteiger partial charge in [0.1, 0.15) is 12.8 Å². The molecule has 0 fully saturated rings. The lowest BCUT2D eigenvalue weighted by Crippen LogP contribution is -2.43. The van der Waals surface area contributed by atoms with Crippen LogP contribution in [0.3, 0.4) is 0 Å². The molecular weight excluding hydrogens is 206 g/mol. The maximum Gasteiger partial charge on any atom is 0.333 e. The largest absolute Gasteiger partial charge is 0.461 e. The van der Waals surface area contributed by atoms with Crippen molar-refractivity contribution in [1.29, 1.82) is 0 Å². The van der Waals surface area contributed by atoms with Crippen molar-refractivity contribution in [2.75, 3.05) is 13.2 Å². The molecular formula is C12H23NO3. The molecule has 4 heteroatoms. The highest BCUT2D eigenvalue weighted by atomic mass is 16.5. The van der Waals surface area contributed by atoms with Gasteiger partial charge in [0.15, 0.2) is 0 Å². The van der Waals surface area contributed by atoms with Crippen molar-refractivity contribution >= 4 is 5.97 Å². The average Bonchev–Trinajstić information content (AvgIpc) is 2.23. The fourth-order valence-electron chi connectivity index (χ4n) is 0.932. The summed E-state index contributed by atoms with van der Waals surface area (Å²) in [5.74, 6) is -0.397. The minimum Gasteiger partial charge on any atom is -0.461 e. The van der Waals surface area contributed by atoms with Gasteiger partial charge < -0.3 is 9.84 Å². The molecule has 16 heavy (non-hydrogen) atoms. The van der Waals surface area contributed by atoms with Crippen LogP contribution in [0.5, 0.6) is 0 Å². The topological polar surface area (TPSA) is 58.6 Å². The molecule has 0 aliphatic heterocycles. The zero-order chi connectivity index (χ0) is 12.8. The zero-order valence-electron chi connectivity index (χ0n) is 10.7. The third-order valence-corrected chi connectivity index (χ3v) is 2.67. The number of carbonyl (C=O) groups excluding carboxylic acids is 1. The summed E-state index contributed by atoms with van der Waals surface area (Å²) >= 11 is 0. The molecule has 0 radical (unpaired) electrons. The standard InChI is InChI=1S/C12H23NO3/c1-6-12(4,5)11(15)13-7-8-16-10(14)9(2)3/h11,13,15H,2,6-8H2,1,3-5H3. The number of aliphatic hydroxyl groups is 1. The van der Waals surface area contributed by atoms with Crippen molar-refractivity contribution in [2.24, 2.45) is 5.41 Å². The molecule has 0 saturated heterocycles. The molecule has 0 aromatic rings. The third kappa shape index (κ3) is 5.28. The molecule has 0 aliphatic rings. The van der Waals surface area contributed by atoms with Crippen LogP contribution in [0, 0.1) is 5.41 Å². The van der Waals surface area contributed by atoms with Crippen molar-refractivity contribution in [3.63, 3.8) is 0 Å². The SMILES string of the molecule is C=C(C)C(=O)OCCNC(O)C(C)(C)CC. The van der Waals surface area contributed by atoms with Gasteiger partial charge in [0.05, 0.1) is 0 Å². The molecule has 0 bridgehead atoms. The van der Waals surface area contributed by atoms with E-state index in [0.29, 0.717) is 12.1 Å². The van der Waals surface area contributed by atoms with E-state index in [9.17, 15) is 9.90 Å². The van der Waals surface area contributed by atoms with Gasteiger partial charge in [0.2, 0.25) is 0 Å². The molecule has 0 heterocycles. The second kappa shape index (κ2) is 6.66. The third-order valence-electron chi connectivity index (χ3n) is 2.67. The molecule has 4 nitrogen and oxygen atoms in total. The summed E-state index contributed by atoms with van der Waals surface area (Å²) in [7, 11) is 0. The molecule has 1 atom stereocenters. The summed E-state index contributed by atoms with van der Waals surface area (Å²) in [4.78, 5) is 11.0. The van der Waals surface area contributed by atoms with Gasteiger partial charge in [-0.25, -0.2) is 4.79 Å². The Bertz CT molecular complexity index is 249. The van der Waals surface area contributed by atoms with Crippen LogP contribution in [-0.4, -0.2) is 30.5 Å². The van der Waals surface area contributed by atoms with Crippen molar-refractivity contribution in [3.05, 3.63) is 12.2 Å². The Labute approximate surface area is 97.7 Å². The van der Waals surface area contributed by atoms with Crippen LogP contribution in [0.25, 0.3) is 0 Å². The molecule has 2 N–H and O–H groups in total. The molecule has 0 spiro atoms. The second-order valence-corrected chi connectivity index (χ2v) is 4.62. The highest BCUT2D eigenvalue weighted by Crippen LogP contribution is 2.22. The van der Waals surface area contributed by atoms with Gasteiger partial charge in [-0.05, 0) is 13.3 Å². The summed E-state index contributed by atoms with van der Waals surface area (Å²) < 4.78 is 4.89. The van der Waals surface area contributed by atoms with Crippen LogP contribution in [0.4, 0.5) is 0 Å². The first-order valence-corrected chi connectivity index (χ1v) is 5.55. The summed E-state index contributed by atoms with van der Waals surface area (Å²) in [6.45, 7) is 11.7. The van der Waals surface area contributed by atoms with E-state index in [4.69, 9.17) is 4.74 Å². The van der Waals surface area contributed by atoms with Gasteiger partial charge >= 0.3 is 5.97 Å². The van der Waals surface area contributed by atoms with E-state index < -0.39 is 12.2 Å². The highest BCUT2D eigenvalue weighted by Gasteiger charge is 2.24. The molecule has 1 unspecified atom stereocenters. The Hall–Kier alpha value is -0.870. The van der Waals surface area contributed by atoms with Crippen LogP contribution < -0.4 is 5.32 Å². The second-order valence-electron chi connectivity index (χ2n) is 4.62. The van der Waals surface area contributed by atoms with Crippen LogP contribution in [0.15, 0.2) is 12.2 Å². The van der Waals surface area contributed by atoms with E-state index in [-0.39, 0.29) is 12.0 Å². The summed E-state index contributed by atoms with van der Waals surface area (Å²) in [5, 5.41) is 12.7. The lowest BCUT2D eigenvalue weighted by atomic mass is 9.88. The van der Waals surface area contributed by atoms with Gasteiger partial charge in [-0.2, -0.15) is 0 Å². The lowest BCUT2D eigenvalue weighted by molar-refractivity contribution is -0.139. The normalized spacial score (nSPS) is 13.3. The van der Waals surface area contributed by atoms with E-state index in [2.05, 4.69) is 11.9 Å². The number of hydrogen-bond donors (Lipinski definition) is 2. The van der Waals surface area contributed by atoms with Gasteiger partial charge in [-0.15, -0.1) is 0 Å². The molecule has 0 aromatic carbocycles. The minimum atomic E-state index is -0.596. The molecule has 94 valence electrons. The number of rotatable bonds is 7. The number of ether oxygens (including phenoxy) is 1. The quantitative estimate of drug-likeness (QED) is 0.300. The van der Waals surface area contributed by atoms with Crippen molar-refractivity contribution in [2.45, 2.75) is 40.3 Å². The number of esters is 1.